The molecular formula is C21H32N6O6S. The Morgan fingerprint density at radius 1 is 1.18 bits per heavy atom. The highest BCUT2D eigenvalue weighted by atomic mass is 32.2. The number of piperidine rings is 1. The summed E-state index contributed by atoms with van der Waals surface area (Å²) in [5.74, 6) is -1.72. The minimum absolute atomic E-state index is 0.242. The van der Waals surface area contributed by atoms with Gasteiger partial charge in [-0.3, -0.25) is 15.0 Å². The standard InChI is InChI=1S/C21H32N6O6S/c22-21(23)27-10-4-7-15(19(27)30)24-18(29)17-8-11-26(17)20(31)16(13-28)25-34(32,33)12-9-14-5-2-1-3-6-14/h1-3,5-6,15-17,19,25,28,30H,4,7-13H2,(H3,22,23)(H,24,29). The van der Waals surface area contributed by atoms with Gasteiger partial charge in [0.15, 0.2) is 5.96 Å². The lowest BCUT2D eigenvalue weighted by atomic mass is 9.98. The van der Waals surface area contributed by atoms with Crippen molar-refractivity contribution >= 4 is 27.8 Å². The van der Waals surface area contributed by atoms with Crippen LogP contribution in [0.1, 0.15) is 24.8 Å². The van der Waals surface area contributed by atoms with Crippen LogP contribution in [0.25, 0.3) is 0 Å². The number of nitrogens with one attached hydrogen (secondary N) is 3. The van der Waals surface area contributed by atoms with Gasteiger partial charge in [-0.2, -0.15) is 0 Å². The van der Waals surface area contributed by atoms with Gasteiger partial charge in [0.1, 0.15) is 18.3 Å². The van der Waals surface area contributed by atoms with Crippen LogP contribution >= 0.6 is 0 Å². The lowest BCUT2D eigenvalue weighted by Crippen LogP contribution is -2.66. The highest BCUT2D eigenvalue weighted by molar-refractivity contribution is 7.89. The predicted octanol–water partition coefficient (Wildman–Crippen LogP) is -2.10. The van der Waals surface area contributed by atoms with E-state index in [4.69, 9.17) is 11.1 Å². The van der Waals surface area contributed by atoms with Crippen molar-refractivity contribution in [2.24, 2.45) is 5.73 Å². The molecule has 0 saturated carbocycles. The van der Waals surface area contributed by atoms with Crippen molar-refractivity contribution in [1.82, 2.24) is 19.8 Å². The highest BCUT2D eigenvalue weighted by Gasteiger charge is 2.42. The van der Waals surface area contributed by atoms with E-state index >= 15 is 0 Å². The number of rotatable bonds is 9. The number of aliphatic hydroxyl groups excluding tert-OH is 2. The zero-order valence-electron chi connectivity index (χ0n) is 18.8. The highest BCUT2D eigenvalue weighted by Crippen LogP contribution is 2.21. The van der Waals surface area contributed by atoms with Crippen molar-refractivity contribution in [3.63, 3.8) is 0 Å². The second-order valence-corrected chi connectivity index (χ2v) is 10.4. The molecule has 12 nitrogen and oxygen atoms in total. The lowest BCUT2D eigenvalue weighted by Gasteiger charge is -2.43. The largest absolute Gasteiger partial charge is 0.394 e. The third kappa shape index (κ3) is 6.23. The van der Waals surface area contributed by atoms with E-state index in [1.807, 2.05) is 6.07 Å². The Morgan fingerprint density at radius 3 is 2.47 bits per heavy atom. The third-order valence-electron chi connectivity index (χ3n) is 6.14. The van der Waals surface area contributed by atoms with Gasteiger partial charge in [0, 0.05) is 13.1 Å². The Balaban J connectivity index is 1.56. The number of nitrogens with zero attached hydrogens (tertiary/aromatic N) is 2. The van der Waals surface area contributed by atoms with E-state index in [2.05, 4.69) is 10.0 Å². The van der Waals surface area contributed by atoms with Crippen molar-refractivity contribution < 1.29 is 28.2 Å². The Kier molecular flexibility index (Phi) is 8.47. The molecule has 34 heavy (non-hydrogen) atoms. The first-order chi connectivity index (χ1) is 16.1. The summed E-state index contributed by atoms with van der Waals surface area (Å²) in [5.41, 5.74) is 6.29. The van der Waals surface area contributed by atoms with E-state index in [0.717, 1.165) is 5.56 Å². The molecular weight excluding hydrogens is 464 g/mol. The number of carbonyl (C=O) groups excluding carboxylic acids is 2. The number of hydrogen-bond acceptors (Lipinski definition) is 7. The van der Waals surface area contributed by atoms with Crippen molar-refractivity contribution in [3.05, 3.63) is 35.9 Å². The van der Waals surface area contributed by atoms with Crippen LogP contribution < -0.4 is 15.8 Å². The number of amides is 2. The molecule has 0 aromatic heterocycles. The van der Waals surface area contributed by atoms with Crippen LogP contribution in [0.2, 0.25) is 0 Å². The Labute approximate surface area is 198 Å². The number of hydrogen-bond donors (Lipinski definition) is 6. The summed E-state index contributed by atoms with van der Waals surface area (Å²) in [6, 6.07) is 6.12. The first kappa shape index (κ1) is 25.9. The topological polar surface area (TPSA) is 189 Å². The number of nitrogens with two attached hydrogens (primary N) is 1. The van der Waals surface area contributed by atoms with Gasteiger partial charge in [-0.1, -0.05) is 30.3 Å². The minimum atomic E-state index is -3.86. The number of guanidine groups is 1. The van der Waals surface area contributed by atoms with Gasteiger partial charge in [-0.05, 0) is 31.2 Å². The second kappa shape index (κ2) is 11.1. The van der Waals surface area contributed by atoms with Crippen LogP contribution in [-0.2, 0) is 26.0 Å². The van der Waals surface area contributed by atoms with Gasteiger partial charge in [-0.25, -0.2) is 13.1 Å². The monoisotopic (exact) mass is 496 g/mol. The van der Waals surface area contributed by atoms with Crippen LogP contribution in [0, 0.1) is 5.41 Å². The molecule has 2 fully saturated rings. The number of aryl methyl sites for hydroxylation is 1. The molecule has 7 N–H and O–H groups in total. The lowest BCUT2D eigenvalue weighted by molar-refractivity contribution is -0.150. The molecule has 0 bridgehead atoms. The van der Waals surface area contributed by atoms with Crippen LogP contribution in [0.4, 0.5) is 0 Å². The molecule has 0 spiro atoms. The Hall–Kier alpha value is -2.74. The van der Waals surface area contributed by atoms with E-state index in [0.29, 0.717) is 25.8 Å². The fourth-order valence-corrected chi connectivity index (χ4v) is 5.36. The van der Waals surface area contributed by atoms with E-state index in [1.54, 1.807) is 24.3 Å². The maximum Gasteiger partial charge on any atom is 0.243 e. The summed E-state index contributed by atoms with van der Waals surface area (Å²) in [7, 11) is -3.86. The van der Waals surface area contributed by atoms with Crippen LogP contribution in [0.5, 0.6) is 0 Å². The Morgan fingerprint density at radius 2 is 1.88 bits per heavy atom. The second-order valence-electron chi connectivity index (χ2n) is 8.49. The van der Waals surface area contributed by atoms with Gasteiger partial charge in [-0.15, -0.1) is 0 Å². The summed E-state index contributed by atoms with van der Waals surface area (Å²) >= 11 is 0. The predicted molar refractivity (Wildman–Crippen MR) is 124 cm³/mol. The average molecular weight is 497 g/mol. The fourth-order valence-electron chi connectivity index (χ4n) is 4.13. The molecule has 4 atom stereocenters. The van der Waals surface area contributed by atoms with Gasteiger partial charge in [0.25, 0.3) is 0 Å². The third-order valence-corrected chi connectivity index (χ3v) is 7.53. The number of likely N-dealkylation sites (tertiary alicyclic amines) is 2. The minimum Gasteiger partial charge on any atom is -0.394 e. The molecule has 2 aliphatic heterocycles. The number of aliphatic hydroxyl groups is 2. The van der Waals surface area contributed by atoms with Crippen molar-refractivity contribution in [3.8, 4) is 0 Å². The molecule has 1 aromatic rings. The molecule has 4 unspecified atom stereocenters. The van der Waals surface area contributed by atoms with Crippen molar-refractivity contribution in [2.45, 2.75) is 50.0 Å². The molecule has 13 heteroatoms. The maximum absolute atomic E-state index is 12.9. The summed E-state index contributed by atoms with van der Waals surface area (Å²) in [5, 5.41) is 30.3. The smallest absolute Gasteiger partial charge is 0.243 e. The normalized spacial score (nSPS) is 23.6. The molecule has 0 aliphatic carbocycles. The van der Waals surface area contributed by atoms with Crippen LogP contribution in [0.15, 0.2) is 30.3 Å². The maximum atomic E-state index is 12.9. The summed E-state index contributed by atoms with van der Waals surface area (Å²) in [4.78, 5) is 28.1. The fraction of sp³-hybridized carbons (Fsp3) is 0.571. The van der Waals surface area contributed by atoms with E-state index < -0.39 is 52.8 Å². The number of carbonyl (C=O) groups is 2. The molecule has 3 rings (SSSR count). The zero-order valence-corrected chi connectivity index (χ0v) is 19.6. The van der Waals surface area contributed by atoms with Gasteiger partial charge < -0.3 is 31.1 Å². The summed E-state index contributed by atoms with van der Waals surface area (Å²) < 4.78 is 27.2. The molecule has 2 amide bonds. The first-order valence-electron chi connectivity index (χ1n) is 11.2. The average Bonchev–Trinajstić information content (AvgIpc) is 2.77. The van der Waals surface area contributed by atoms with Crippen LogP contribution in [0.3, 0.4) is 0 Å². The summed E-state index contributed by atoms with van der Waals surface area (Å²) in [6.45, 7) is -0.103. The number of sulfonamides is 1. The van der Waals surface area contributed by atoms with Crippen LogP contribution in [-0.4, -0.2) is 96.0 Å². The quantitative estimate of drug-likeness (QED) is 0.166. The summed E-state index contributed by atoms with van der Waals surface area (Å²) in [6.07, 6.45) is 0.568. The number of benzene rings is 1. The molecule has 0 radical (unpaired) electrons. The SMILES string of the molecule is N=C(N)N1CCCC(NC(=O)C2CCN2C(=O)C(CO)NS(=O)(=O)CCc2ccccc2)C1O. The molecule has 2 heterocycles. The molecule has 2 aliphatic rings. The zero-order chi connectivity index (χ0) is 24.9. The first-order valence-corrected chi connectivity index (χ1v) is 12.8. The molecule has 188 valence electrons. The van der Waals surface area contributed by atoms with Crippen molar-refractivity contribution in [1.29, 1.82) is 5.41 Å². The van der Waals surface area contributed by atoms with E-state index in [9.17, 15) is 28.2 Å². The van der Waals surface area contributed by atoms with E-state index in [-0.39, 0.29) is 24.7 Å². The van der Waals surface area contributed by atoms with Crippen molar-refractivity contribution in [2.75, 3.05) is 25.4 Å². The van der Waals surface area contributed by atoms with Gasteiger partial charge >= 0.3 is 0 Å². The Bertz CT molecular complexity index is 991. The van der Waals surface area contributed by atoms with Gasteiger partial charge in [0.2, 0.25) is 21.8 Å². The molecule has 1 aromatic carbocycles. The van der Waals surface area contributed by atoms with Gasteiger partial charge in [0.05, 0.1) is 18.4 Å². The van der Waals surface area contributed by atoms with E-state index in [1.165, 1.54) is 9.80 Å². The molecule has 2 saturated heterocycles.